The van der Waals surface area contributed by atoms with Gasteiger partial charge in [0.15, 0.2) is 0 Å². The largest absolute Gasteiger partial charge is 0.457 e. The fraction of sp³-hybridized carbons (Fsp3) is 0.850. The topological polar surface area (TPSA) is 46.5 Å². The zero-order valence-electron chi connectivity index (χ0n) is 21.8. The number of aliphatic hydroxyl groups is 1. The molecular formula is C20H14F24O3. The van der Waals surface area contributed by atoms with Crippen molar-refractivity contribution in [3.63, 3.8) is 0 Å². The fourth-order valence-corrected chi connectivity index (χ4v) is 2.89. The van der Waals surface area contributed by atoms with Crippen LogP contribution in [0.1, 0.15) is 19.8 Å². The number of ether oxygens (including phenoxy) is 1. The van der Waals surface area contributed by atoms with E-state index in [-0.39, 0.29) is 0 Å². The van der Waals surface area contributed by atoms with Gasteiger partial charge in [0.2, 0.25) is 0 Å². The molecule has 1 unspecified atom stereocenters. The van der Waals surface area contributed by atoms with Crippen molar-refractivity contribution in [2.45, 2.75) is 97.4 Å². The summed E-state index contributed by atoms with van der Waals surface area (Å²) in [5, 5.41) is 8.86. The molecule has 0 saturated carbocycles. The Morgan fingerprint density at radius 2 is 0.851 bits per heavy atom. The predicted molar refractivity (Wildman–Crippen MR) is 101 cm³/mol. The van der Waals surface area contributed by atoms with Gasteiger partial charge in [0.25, 0.3) is 0 Å². The van der Waals surface area contributed by atoms with Crippen molar-refractivity contribution in [3.05, 3.63) is 12.2 Å². The summed E-state index contributed by atoms with van der Waals surface area (Å²) in [4.78, 5) is 11.3. The molecule has 0 aromatic carbocycles. The average molecular weight is 758 g/mol. The lowest BCUT2D eigenvalue weighted by molar-refractivity contribution is -0.476. The highest BCUT2D eigenvalue weighted by atomic mass is 19.4. The standard InChI is InChI=1S/C20H14F24O3/c1-6(2)8(46)47-7(5-45)3-4-10(23,24)12(27,28)14(31,32)16(35,36)18(39,40)20(43,44)19(41,42)17(37,38)15(33,34)13(29,30)11(25,26)9(21)22/h7,9,45H,1,3-5H2,2H3. The summed E-state index contributed by atoms with van der Waals surface area (Å²) in [6.07, 6.45) is -13.9. The number of aliphatic hydroxyl groups excluding tert-OH is 1. The van der Waals surface area contributed by atoms with Crippen LogP contribution in [0.5, 0.6) is 0 Å². The van der Waals surface area contributed by atoms with Crippen molar-refractivity contribution in [2.24, 2.45) is 0 Å². The molecular weight excluding hydrogens is 744 g/mol. The summed E-state index contributed by atoms with van der Waals surface area (Å²) >= 11 is 0. The number of rotatable bonds is 17. The molecule has 280 valence electrons. The fourth-order valence-electron chi connectivity index (χ4n) is 2.89. The van der Waals surface area contributed by atoms with Crippen molar-refractivity contribution in [1.29, 1.82) is 0 Å². The molecule has 0 saturated heterocycles. The molecule has 47 heavy (non-hydrogen) atoms. The van der Waals surface area contributed by atoms with Crippen LogP contribution in [0.4, 0.5) is 105 Å². The predicted octanol–water partition coefficient (Wildman–Crippen LogP) is 8.50. The molecule has 0 amide bonds. The van der Waals surface area contributed by atoms with Gasteiger partial charge in [-0.25, -0.2) is 13.6 Å². The first-order valence-electron chi connectivity index (χ1n) is 11.1. The Labute approximate surface area is 243 Å². The highest BCUT2D eigenvalue weighted by Crippen LogP contribution is 2.67. The van der Waals surface area contributed by atoms with E-state index in [9.17, 15) is 110 Å². The van der Waals surface area contributed by atoms with Crippen LogP contribution in [0.2, 0.25) is 0 Å². The Morgan fingerprint density at radius 1 is 0.574 bits per heavy atom. The van der Waals surface area contributed by atoms with Gasteiger partial charge < -0.3 is 9.84 Å². The molecule has 0 heterocycles. The van der Waals surface area contributed by atoms with Gasteiger partial charge in [-0.2, -0.15) is 96.6 Å². The van der Waals surface area contributed by atoms with E-state index in [1.165, 1.54) is 0 Å². The van der Waals surface area contributed by atoms with Crippen LogP contribution in [0, 0.1) is 0 Å². The Balaban J connectivity index is 7.02. The van der Waals surface area contributed by atoms with Crippen LogP contribution >= 0.6 is 0 Å². The molecule has 0 aliphatic carbocycles. The number of carbonyl (C=O) groups excluding carboxylic acids is 1. The molecule has 0 aliphatic heterocycles. The van der Waals surface area contributed by atoms with E-state index in [4.69, 9.17) is 5.11 Å². The first-order chi connectivity index (χ1) is 20.2. The minimum absolute atomic E-state index is 0.624. The highest BCUT2D eigenvalue weighted by Gasteiger charge is 2.98. The van der Waals surface area contributed by atoms with Crippen LogP contribution in [-0.4, -0.2) is 95.4 Å². The molecule has 0 rings (SSSR count). The minimum atomic E-state index is -9.54. The zero-order valence-corrected chi connectivity index (χ0v) is 21.8. The number of carbonyl (C=O) groups is 1. The summed E-state index contributed by atoms with van der Waals surface area (Å²) in [5.74, 6) is -98.7. The molecule has 1 atom stereocenters. The molecule has 0 radical (unpaired) electrons. The van der Waals surface area contributed by atoms with Crippen LogP contribution in [0.3, 0.4) is 0 Å². The Hall–Kier alpha value is -2.51. The summed E-state index contributed by atoms with van der Waals surface area (Å²) in [6, 6.07) is 0. The van der Waals surface area contributed by atoms with Gasteiger partial charge in [0.1, 0.15) is 6.10 Å². The van der Waals surface area contributed by atoms with Crippen molar-refractivity contribution in [2.75, 3.05) is 6.61 Å². The van der Waals surface area contributed by atoms with E-state index in [1.54, 1.807) is 0 Å². The van der Waals surface area contributed by atoms with E-state index in [0.717, 1.165) is 6.92 Å². The molecule has 0 bridgehead atoms. The van der Waals surface area contributed by atoms with Crippen LogP contribution in [0.15, 0.2) is 12.2 Å². The quantitative estimate of drug-likeness (QED) is 0.0921. The van der Waals surface area contributed by atoms with Crippen LogP contribution < -0.4 is 0 Å². The molecule has 1 N–H and O–H groups in total. The maximum atomic E-state index is 14.0. The summed E-state index contributed by atoms with van der Waals surface area (Å²) in [5.41, 5.74) is -0.624. The van der Waals surface area contributed by atoms with E-state index >= 15 is 0 Å². The summed E-state index contributed by atoms with van der Waals surface area (Å²) in [6.45, 7) is 2.04. The number of hydrogen-bond acceptors (Lipinski definition) is 3. The number of alkyl halides is 24. The van der Waals surface area contributed by atoms with Gasteiger partial charge >= 0.3 is 77.5 Å². The third kappa shape index (κ3) is 6.24. The van der Waals surface area contributed by atoms with Gasteiger partial charge in [0.05, 0.1) is 6.61 Å². The lowest BCUT2D eigenvalue weighted by Crippen LogP contribution is -2.78. The Bertz CT molecular complexity index is 1140. The van der Waals surface area contributed by atoms with Crippen molar-refractivity contribution >= 4 is 5.97 Å². The SMILES string of the molecule is C=C(C)C(=O)OC(CO)CCC(F)(F)C(F)(F)C(F)(F)C(F)(F)C(F)(F)C(F)(F)C(F)(F)C(F)(F)C(F)(F)C(F)(F)C(F)(F)C(F)F. The van der Waals surface area contributed by atoms with Gasteiger partial charge in [-0.05, 0) is 13.3 Å². The average Bonchev–Trinajstić information content (AvgIpc) is 2.89. The number of hydrogen-bond donors (Lipinski definition) is 1. The third-order valence-electron chi connectivity index (χ3n) is 5.91. The second-order valence-corrected chi connectivity index (χ2v) is 9.33. The van der Waals surface area contributed by atoms with Crippen molar-refractivity contribution < 1.29 is 120 Å². The lowest BCUT2D eigenvalue weighted by atomic mass is 9.84. The molecule has 27 heteroatoms. The number of halogens is 24. The van der Waals surface area contributed by atoms with E-state index in [2.05, 4.69) is 11.3 Å². The monoisotopic (exact) mass is 758 g/mol. The molecule has 0 aromatic heterocycles. The van der Waals surface area contributed by atoms with Crippen molar-refractivity contribution in [1.82, 2.24) is 0 Å². The Kier molecular flexibility index (Phi) is 11.8. The second kappa shape index (κ2) is 12.4. The number of esters is 1. The maximum Gasteiger partial charge on any atom is 0.385 e. The first kappa shape index (κ1) is 44.5. The smallest absolute Gasteiger partial charge is 0.385 e. The van der Waals surface area contributed by atoms with Crippen molar-refractivity contribution in [3.8, 4) is 0 Å². The van der Waals surface area contributed by atoms with Crippen LogP contribution in [0.25, 0.3) is 0 Å². The molecule has 0 aromatic rings. The lowest BCUT2D eigenvalue weighted by Gasteiger charge is -2.45. The van der Waals surface area contributed by atoms with E-state index < -0.39 is 109 Å². The third-order valence-corrected chi connectivity index (χ3v) is 5.91. The second-order valence-electron chi connectivity index (χ2n) is 9.33. The van der Waals surface area contributed by atoms with E-state index in [1.807, 2.05) is 0 Å². The highest BCUT2D eigenvalue weighted by molar-refractivity contribution is 5.87. The normalized spacial score (nSPS) is 16.4. The van der Waals surface area contributed by atoms with Gasteiger partial charge in [0, 0.05) is 12.0 Å². The van der Waals surface area contributed by atoms with Gasteiger partial charge in [-0.1, -0.05) is 6.58 Å². The minimum Gasteiger partial charge on any atom is -0.457 e. The first-order valence-corrected chi connectivity index (χ1v) is 11.1. The molecule has 0 spiro atoms. The van der Waals surface area contributed by atoms with E-state index in [0.29, 0.717) is 0 Å². The van der Waals surface area contributed by atoms with Crippen LogP contribution in [-0.2, 0) is 9.53 Å². The summed E-state index contributed by atoms with van der Waals surface area (Å²) < 4.78 is 329. The molecule has 3 nitrogen and oxygen atoms in total. The summed E-state index contributed by atoms with van der Waals surface area (Å²) in [7, 11) is 0. The molecule has 0 aliphatic rings. The van der Waals surface area contributed by atoms with Gasteiger partial charge in [-0.15, -0.1) is 0 Å². The zero-order chi connectivity index (χ0) is 38.6. The Morgan fingerprint density at radius 3 is 1.11 bits per heavy atom. The van der Waals surface area contributed by atoms with Gasteiger partial charge in [-0.3, -0.25) is 0 Å². The molecule has 0 fully saturated rings. The maximum absolute atomic E-state index is 14.0.